The van der Waals surface area contributed by atoms with Crippen molar-refractivity contribution in [3.8, 4) is 0 Å². The summed E-state index contributed by atoms with van der Waals surface area (Å²) in [4.78, 5) is 22.0. The van der Waals surface area contributed by atoms with Crippen molar-refractivity contribution in [1.29, 1.82) is 0 Å². The van der Waals surface area contributed by atoms with Crippen LogP contribution in [-0.2, 0) is 0 Å². The molecule has 2 heterocycles. The third-order valence-electron chi connectivity index (χ3n) is 2.13. The molecule has 0 saturated heterocycles. The normalized spacial score (nSPS) is 12.4. The average Bonchev–Trinajstić information content (AvgIpc) is 2.29. The first-order valence-corrected chi connectivity index (χ1v) is 5.91. The number of rotatable bonds is 3. The van der Waals surface area contributed by atoms with Crippen molar-refractivity contribution in [1.82, 2.24) is 15.0 Å². The first kappa shape index (κ1) is 11.8. The third-order valence-corrected chi connectivity index (χ3v) is 2.97. The summed E-state index contributed by atoms with van der Waals surface area (Å²) >= 11 is 1.30. The number of H-pyrrole nitrogens is 1. The molecule has 2 aromatic rings. The average molecular weight is 248 g/mol. The zero-order valence-corrected chi connectivity index (χ0v) is 10.1. The Bertz CT molecular complexity index is 567. The molecule has 0 fully saturated rings. The van der Waals surface area contributed by atoms with Gasteiger partial charge in [0.25, 0.3) is 5.56 Å². The van der Waals surface area contributed by atoms with E-state index < -0.39 is 0 Å². The Hall–Kier alpha value is -1.66. The van der Waals surface area contributed by atoms with Crippen LogP contribution in [0.2, 0.25) is 0 Å². The smallest absolute Gasteiger partial charge is 0.251 e. The van der Waals surface area contributed by atoms with Gasteiger partial charge in [-0.3, -0.25) is 4.79 Å². The van der Waals surface area contributed by atoms with Crippen LogP contribution in [0.4, 0.5) is 0 Å². The molecule has 88 valence electrons. The predicted octanol–water partition coefficient (Wildman–Crippen LogP) is 1.34. The van der Waals surface area contributed by atoms with Gasteiger partial charge in [-0.25, -0.2) is 9.97 Å². The summed E-state index contributed by atoms with van der Waals surface area (Å²) in [6, 6.07) is 5.09. The van der Waals surface area contributed by atoms with Gasteiger partial charge in [0.05, 0.1) is 0 Å². The lowest BCUT2D eigenvalue weighted by atomic mass is 10.1. The van der Waals surface area contributed by atoms with E-state index >= 15 is 0 Å². The van der Waals surface area contributed by atoms with Gasteiger partial charge in [0.2, 0.25) is 0 Å². The molecule has 0 aliphatic carbocycles. The lowest BCUT2D eigenvalue weighted by Gasteiger charge is -2.06. The Morgan fingerprint density at radius 1 is 1.35 bits per heavy atom. The van der Waals surface area contributed by atoms with Gasteiger partial charge in [0.1, 0.15) is 5.03 Å². The van der Waals surface area contributed by atoms with Gasteiger partial charge in [-0.05, 0) is 36.4 Å². The van der Waals surface area contributed by atoms with Gasteiger partial charge in [-0.2, -0.15) is 0 Å². The van der Waals surface area contributed by atoms with E-state index in [4.69, 9.17) is 5.73 Å². The Morgan fingerprint density at radius 2 is 2.12 bits per heavy atom. The van der Waals surface area contributed by atoms with E-state index in [1.807, 2.05) is 19.1 Å². The van der Waals surface area contributed by atoms with Crippen molar-refractivity contribution in [3.63, 3.8) is 0 Å². The molecule has 0 aromatic carbocycles. The maximum atomic E-state index is 11.1. The summed E-state index contributed by atoms with van der Waals surface area (Å²) in [6.45, 7) is 1.91. The minimum absolute atomic E-state index is 0.0415. The minimum atomic E-state index is -0.175. The van der Waals surface area contributed by atoms with Crippen LogP contribution in [0.15, 0.2) is 45.6 Å². The minimum Gasteiger partial charge on any atom is -0.324 e. The second kappa shape index (κ2) is 5.11. The summed E-state index contributed by atoms with van der Waals surface area (Å²) < 4.78 is 0. The molecule has 3 N–H and O–H groups in total. The second-order valence-corrected chi connectivity index (χ2v) is 4.57. The predicted molar refractivity (Wildman–Crippen MR) is 65.8 cm³/mol. The number of aromatic amines is 1. The summed E-state index contributed by atoms with van der Waals surface area (Å²) in [5.74, 6) is 0. The van der Waals surface area contributed by atoms with E-state index in [1.165, 1.54) is 24.0 Å². The number of hydrogen-bond donors (Lipinski definition) is 2. The number of nitrogens with one attached hydrogen (secondary N) is 1. The molecule has 17 heavy (non-hydrogen) atoms. The fourth-order valence-electron chi connectivity index (χ4n) is 1.27. The molecule has 2 rings (SSSR count). The van der Waals surface area contributed by atoms with Gasteiger partial charge >= 0.3 is 0 Å². The van der Waals surface area contributed by atoms with Crippen LogP contribution in [-0.4, -0.2) is 15.0 Å². The summed E-state index contributed by atoms with van der Waals surface area (Å²) in [6.07, 6.45) is 3.17. The molecule has 0 aliphatic heterocycles. The van der Waals surface area contributed by atoms with Gasteiger partial charge < -0.3 is 10.7 Å². The van der Waals surface area contributed by atoms with Crippen molar-refractivity contribution in [3.05, 3.63) is 46.5 Å². The van der Waals surface area contributed by atoms with Crippen LogP contribution in [0.3, 0.4) is 0 Å². The number of hydrogen-bond acceptors (Lipinski definition) is 5. The van der Waals surface area contributed by atoms with Gasteiger partial charge in [0, 0.05) is 24.5 Å². The van der Waals surface area contributed by atoms with E-state index in [2.05, 4.69) is 15.0 Å². The zero-order valence-electron chi connectivity index (χ0n) is 9.25. The van der Waals surface area contributed by atoms with Crippen LogP contribution >= 0.6 is 11.8 Å². The van der Waals surface area contributed by atoms with E-state index in [0.717, 1.165) is 10.6 Å². The van der Waals surface area contributed by atoms with E-state index in [-0.39, 0.29) is 11.6 Å². The number of pyridine rings is 1. The highest BCUT2D eigenvalue weighted by Crippen LogP contribution is 2.23. The zero-order chi connectivity index (χ0) is 12.3. The Morgan fingerprint density at radius 3 is 2.82 bits per heavy atom. The highest BCUT2D eigenvalue weighted by Gasteiger charge is 2.04. The quantitative estimate of drug-likeness (QED) is 0.801. The van der Waals surface area contributed by atoms with Crippen LogP contribution in [0.1, 0.15) is 18.5 Å². The largest absolute Gasteiger partial charge is 0.324 e. The standard InChI is InChI=1S/C11H12N4OS/c1-7(12)8-2-4-13-10(6-8)17-11-14-5-3-9(16)15-11/h2-7H,12H2,1H3,(H,14,15,16)/t7-/m0/s1. The van der Waals surface area contributed by atoms with E-state index in [0.29, 0.717) is 5.16 Å². The Kier molecular flexibility index (Phi) is 3.55. The lowest BCUT2D eigenvalue weighted by molar-refractivity contribution is 0.807. The van der Waals surface area contributed by atoms with Crippen molar-refractivity contribution >= 4 is 11.8 Å². The molecule has 1 atom stereocenters. The van der Waals surface area contributed by atoms with Gasteiger partial charge in [-0.1, -0.05) is 0 Å². The van der Waals surface area contributed by atoms with Gasteiger partial charge in [-0.15, -0.1) is 0 Å². The van der Waals surface area contributed by atoms with Crippen LogP contribution in [0.5, 0.6) is 0 Å². The molecular formula is C11H12N4OS. The fourth-order valence-corrected chi connectivity index (χ4v) is 2.04. The maximum Gasteiger partial charge on any atom is 0.251 e. The number of aromatic nitrogens is 3. The Balaban J connectivity index is 2.24. The molecule has 0 unspecified atom stereocenters. The molecule has 0 amide bonds. The van der Waals surface area contributed by atoms with E-state index in [1.54, 1.807) is 6.20 Å². The van der Waals surface area contributed by atoms with Crippen LogP contribution in [0, 0.1) is 0 Å². The monoisotopic (exact) mass is 248 g/mol. The molecule has 0 bridgehead atoms. The topological polar surface area (TPSA) is 84.7 Å². The van der Waals surface area contributed by atoms with Gasteiger partial charge in [0.15, 0.2) is 5.16 Å². The molecule has 2 aromatic heterocycles. The van der Waals surface area contributed by atoms with E-state index in [9.17, 15) is 4.79 Å². The van der Waals surface area contributed by atoms with Crippen molar-refractivity contribution < 1.29 is 0 Å². The van der Waals surface area contributed by atoms with Crippen molar-refractivity contribution in [2.75, 3.05) is 0 Å². The maximum absolute atomic E-state index is 11.1. The summed E-state index contributed by atoms with van der Waals surface area (Å²) in [5, 5.41) is 1.28. The first-order chi connectivity index (χ1) is 8.15. The number of nitrogens with zero attached hydrogens (tertiary/aromatic N) is 2. The summed E-state index contributed by atoms with van der Waals surface area (Å²) in [7, 11) is 0. The lowest BCUT2D eigenvalue weighted by Crippen LogP contribution is -2.06. The molecular weight excluding hydrogens is 236 g/mol. The molecule has 0 radical (unpaired) electrons. The third kappa shape index (κ3) is 3.15. The van der Waals surface area contributed by atoms with Crippen molar-refractivity contribution in [2.45, 2.75) is 23.1 Å². The first-order valence-electron chi connectivity index (χ1n) is 5.10. The summed E-state index contributed by atoms with van der Waals surface area (Å²) in [5.41, 5.74) is 6.62. The molecule has 5 nitrogen and oxygen atoms in total. The highest BCUT2D eigenvalue weighted by molar-refractivity contribution is 7.99. The van der Waals surface area contributed by atoms with Crippen LogP contribution < -0.4 is 11.3 Å². The highest BCUT2D eigenvalue weighted by atomic mass is 32.2. The van der Waals surface area contributed by atoms with Crippen LogP contribution in [0.25, 0.3) is 0 Å². The van der Waals surface area contributed by atoms with Crippen molar-refractivity contribution in [2.24, 2.45) is 5.73 Å². The number of nitrogens with two attached hydrogens (primary N) is 1. The second-order valence-electron chi connectivity index (χ2n) is 3.56. The molecule has 6 heteroatoms. The SMILES string of the molecule is C[C@H](N)c1ccnc(Sc2nccc(=O)[nH]2)c1. The Labute approximate surface area is 103 Å². The fraction of sp³-hybridized carbons (Fsp3) is 0.182. The molecule has 0 spiro atoms. The molecule has 0 saturated carbocycles. The molecule has 0 aliphatic rings.